The van der Waals surface area contributed by atoms with Crippen LogP contribution in [0.15, 0.2) is 52.3 Å². The van der Waals surface area contributed by atoms with Crippen LogP contribution in [0.3, 0.4) is 0 Å². The first-order valence-corrected chi connectivity index (χ1v) is 18.3. The second-order valence-corrected chi connectivity index (χ2v) is 14.8. The molecule has 5 aliphatic rings. The number of amides is 2. The van der Waals surface area contributed by atoms with Crippen molar-refractivity contribution in [3.8, 4) is 0 Å². The number of carbonyl (C=O) groups excluding carboxylic acids is 4. The van der Waals surface area contributed by atoms with Gasteiger partial charge in [0.15, 0.2) is 0 Å². The molecule has 2 bridgehead atoms. The SMILES string of the molecule is COC(=O)C1=C(CCc2nccs2)NC(CC(=O)N2CCN(C3CC4CCC(C3)N(C=O)C4)CC2)=C(C(=O)OC)C1c1c(Cl)cccc1Cl. The second kappa shape index (κ2) is 15.6. The molecule has 1 N–H and O–H groups in total. The fraction of sp³-hybridized carbons (Fsp3) is 0.514. The van der Waals surface area contributed by atoms with Gasteiger partial charge in [-0.15, -0.1) is 11.3 Å². The molecule has 1 aromatic carbocycles. The topological polar surface area (TPSA) is 121 Å². The van der Waals surface area contributed by atoms with Crippen LogP contribution >= 0.6 is 34.5 Å². The van der Waals surface area contributed by atoms with Gasteiger partial charge in [0.1, 0.15) is 0 Å². The number of esters is 2. The van der Waals surface area contributed by atoms with Gasteiger partial charge in [-0.2, -0.15) is 0 Å². The second-order valence-electron chi connectivity index (χ2n) is 13.0. The summed E-state index contributed by atoms with van der Waals surface area (Å²) in [5.74, 6) is -2.06. The van der Waals surface area contributed by atoms with E-state index in [-0.39, 0.29) is 39.6 Å². The van der Waals surface area contributed by atoms with Crippen LogP contribution in [0.4, 0.5) is 0 Å². The monoisotopic (exact) mass is 729 g/mol. The zero-order valence-electron chi connectivity index (χ0n) is 27.7. The summed E-state index contributed by atoms with van der Waals surface area (Å²) in [5, 5.41) is 6.56. The summed E-state index contributed by atoms with van der Waals surface area (Å²) in [5.41, 5.74) is 1.43. The lowest BCUT2D eigenvalue weighted by molar-refractivity contribution is -0.137. The quantitative estimate of drug-likeness (QED) is 0.277. The number of hydrogen-bond acceptors (Lipinski definition) is 10. The van der Waals surface area contributed by atoms with E-state index >= 15 is 0 Å². The number of halogens is 2. The highest BCUT2D eigenvalue weighted by molar-refractivity contribution is 7.09. The van der Waals surface area contributed by atoms with E-state index in [1.165, 1.54) is 25.6 Å². The summed E-state index contributed by atoms with van der Waals surface area (Å²) in [6, 6.07) is 5.64. The maximum absolute atomic E-state index is 14.0. The minimum absolute atomic E-state index is 0.0801. The van der Waals surface area contributed by atoms with Gasteiger partial charge in [-0.1, -0.05) is 29.3 Å². The van der Waals surface area contributed by atoms with Gasteiger partial charge in [0.25, 0.3) is 0 Å². The molecule has 11 nitrogen and oxygen atoms in total. The number of allylic oxidation sites excluding steroid dienone is 1. The van der Waals surface area contributed by atoms with Crippen LogP contribution in [0.5, 0.6) is 0 Å². The van der Waals surface area contributed by atoms with Crippen molar-refractivity contribution in [2.45, 2.75) is 62.9 Å². The van der Waals surface area contributed by atoms with Crippen molar-refractivity contribution in [2.75, 3.05) is 46.9 Å². The third kappa shape index (κ3) is 7.52. The third-order valence-corrected chi connectivity index (χ3v) is 11.8. The Bertz CT molecular complexity index is 1620. The average Bonchev–Trinajstić information content (AvgIpc) is 3.47. The standard InChI is InChI=1S/C35H41Cl2N5O6S/c1-47-34(45)31-26(8-9-28-38-10-15-49-28)39-27(32(35(46)48-2)33(31)30-24(36)4-3-5-25(30)37)18-29(44)41-13-11-40(12-14-41)23-16-21-6-7-22(17-23)42(19-21)20-43/h3-5,10,15,20-23,33,39H,6-9,11-14,16-19H2,1-2H3. The number of thiazole rings is 1. The minimum atomic E-state index is -1.05. The molecule has 1 aromatic heterocycles. The number of ether oxygens (including phenoxy) is 2. The summed E-state index contributed by atoms with van der Waals surface area (Å²) in [4.78, 5) is 63.5. The van der Waals surface area contributed by atoms with Gasteiger partial charge >= 0.3 is 11.9 Å². The summed E-state index contributed by atoms with van der Waals surface area (Å²) >= 11 is 15.0. The molecule has 4 aliphatic heterocycles. The predicted octanol–water partition coefficient (Wildman–Crippen LogP) is 4.56. The highest BCUT2D eigenvalue weighted by Gasteiger charge is 2.43. The van der Waals surface area contributed by atoms with E-state index in [4.69, 9.17) is 32.7 Å². The van der Waals surface area contributed by atoms with Gasteiger partial charge in [0.05, 0.1) is 42.7 Å². The number of nitrogens with zero attached hydrogens (tertiary/aromatic N) is 4. The molecular weight excluding hydrogens is 689 g/mol. The van der Waals surface area contributed by atoms with Gasteiger partial charge in [0, 0.05) is 89.8 Å². The van der Waals surface area contributed by atoms with Crippen molar-refractivity contribution in [3.63, 3.8) is 0 Å². The lowest BCUT2D eigenvalue weighted by Gasteiger charge is -2.40. The maximum atomic E-state index is 14.0. The Morgan fingerprint density at radius 1 is 0.959 bits per heavy atom. The first-order valence-electron chi connectivity index (χ1n) is 16.7. The highest BCUT2D eigenvalue weighted by atomic mass is 35.5. The fourth-order valence-corrected chi connectivity index (χ4v) is 9.17. The van der Waals surface area contributed by atoms with Crippen LogP contribution in [-0.2, 0) is 35.1 Å². The van der Waals surface area contributed by atoms with Crippen molar-refractivity contribution in [1.82, 2.24) is 25.0 Å². The van der Waals surface area contributed by atoms with Crippen molar-refractivity contribution >= 4 is 58.8 Å². The number of piperidine rings is 1. The largest absolute Gasteiger partial charge is 0.466 e. The number of dihydropyridines is 1. The van der Waals surface area contributed by atoms with Crippen LogP contribution in [0.2, 0.25) is 10.0 Å². The van der Waals surface area contributed by atoms with E-state index < -0.39 is 17.9 Å². The first-order chi connectivity index (χ1) is 23.7. The van der Waals surface area contributed by atoms with Crippen LogP contribution in [0.25, 0.3) is 0 Å². The number of piperazine rings is 1. The van der Waals surface area contributed by atoms with Crippen LogP contribution in [0.1, 0.15) is 55.0 Å². The van der Waals surface area contributed by atoms with E-state index in [9.17, 15) is 19.2 Å². The Kier molecular flexibility index (Phi) is 11.3. The molecule has 5 heterocycles. The summed E-state index contributed by atoms with van der Waals surface area (Å²) < 4.78 is 10.5. The molecular formula is C35H41Cl2N5O6S. The molecule has 0 radical (unpaired) electrons. The molecule has 4 fully saturated rings. The van der Waals surface area contributed by atoms with Gasteiger partial charge in [-0.3, -0.25) is 14.5 Å². The van der Waals surface area contributed by atoms with Crippen molar-refractivity contribution in [2.24, 2.45) is 5.92 Å². The Hall–Kier alpha value is -3.45. The summed E-state index contributed by atoms with van der Waals surface area (Å²) in [7, 11) is 2.53. The number of carbonyl (C=O) groups is 4. The van der Waals surface area contributed by atoms with E-state index in [1.807, 2.05) is 15.2 Å². The molecule has 1 saturated carbocycles. The molecule has 49 heavy (non-hydrogen) atoms. The van der Waals surface area contributed by atoms with Gasteiger partial charge in [0.2, 0.25) is 12.3 Å². The zero-order valence-corrected chi connectivity index (χ0v) is 30.0. The number of benzene rings is 1. The van der Waals surface area contributed by atoms with Crippen molar-refractivity contribution in [1.29, 1.82) is 0 Å². The van der Waals surface area contributed by atoms with Gasteiger partial charge in [-0.25, -0.2) is 14.6 Å². The first kappa shape index (κ1) is 35.4. The molecule has 7 rings (SSSR count). The number of hydrogen-bond donors (Lipinski definition) is 1. The van der Waals surface area contributed by atoms with Crippen LogP contribution in [-0.4, -0.2) is 103 Å². The van der Waals surface area contributed by atoms with E-state index in [0.717, 1.165) is 56.7 Å². The minimum Gasteiger partial charge on any atom is -0.466 e. The van der Waals surface area contributed by atoms with Crippen LogP contribution < -0.4 is 5.32 Å². The molecule has 262 valence electrons. The Morgan fingerprint density at radius 2 is 1.65 bits per heavy atom. The van der Waals surface area contributed by atoms with E-state index in [2.05, 4.69) is 15.2 Å². The van der Waals surface area contributed by atoms with Crippen LogP contribution in [0, 0.1) is 5.92 Å². The molecule has 1 aliphatic carbocycles. The molecule has 4 atom stereocenters. The predicted molar refractivity (Wildman–Crippen MR) is 186 cm³/mol. The molecule has 14 heteroatoms. The van der Waals surface area contributed by atoms with E-state index in [0.29, 0.717) is 54.8 Å². The van der Waals surface area contributed by atoms with Crippen molar-refractivity contribution < 1.29 is 28.7 Å². The maximum Gasteiger partial charge on any atom is 0.336 e. The average molecular weight is 731 g/mol. The number of rotatable bonds is 10. The number of aryl methyl sites for hydroxylation is 1. The molecule has 2 aromatic rings. The molecule has 4 unspecified atom stereocenters. The van der Waals surface area contributed by atoms with E-state index in [1.54, 1.807) is 24.4 Å². The number of nitrogens with one attached hydrogen (secondary N) is 1. The normalized spacial score (nSPS) is 24.4. The van der Waals surface area contributed by atoms with Crippen molar-refractivity contribution in [3.05, 3.63) is 72.9 Å². The van der Waals surface area contributed by atoms with Gasteiger partial charge in [-0.05, 0) is 50.2 Å². The smallest absolute Gasteiger partial charge is 0.336 e. The Morgan fingerprint density at radius 3 is 2.29 bits per heavy atom. The third-order valence-electron chi connectivity index (χ3n) is 10.3. The highest BCUT2D eigenvalue weighted by Crippen LogP contribution is 2.46. The Labute approximate surface area is 300 Å². The Balaban J connectivity index is 1.28. The lowest BCUT2D eigenvalue weighted by Crippen LogP contribution is -2.52. The number of methoxy groups -OCH3 is 2. The summed E-state index contributed by atoms with van der Waals surface area (Å²) in [6.45, 7) is 3.39. The zero-order chi connectivity index (χ0) is 34.7. The number of fused-ring (bicyclic) bond motifs is 4. The fourth-order valence-electron chi connectivity index (χ4n) is 7.93. The molecule has 0 spiro atoms. The summed E-state index contributed by atoms with van der Waals surface area (Å²) in [6.07, 6.45) is 7.71. The van der Waals surface area contributed by atoms with Gasteiger partial charge < -0.3 is 24.6 Å². The molecule has 3 saturated heterocycles. The lowest BCUT2D eigenvalue weighted by atomic mass is 9.78. The number of aromatic nitrogens is 1. The molecule has 2 amide bonds.